The Morgan fingerprint density at radius 3 is 2.90 bits per heavy atom. The van der Waals surface area contributed by atoms with Crippen molar-refractivity contribution in [2.24, 2.45) is 0 Å². The van der Waals surface area contributed by atoms with Gasteiger partial charge in [0, 0.05) is 18.1 Å². The first kappa shape index (κ1) is 12.0. The number of carbonyl (C=O) groups is 1. The highest BCUT2D eigenvalue weighted by Gasteiger charge is 2.28. The van der Waals surface area contributed by atoms with Gasteiger partial charge in [-0.05, 0) is 30.2 Å². The number of para-hydroxylation sites is 2. The highest BCUT2D eigenvalue weighted by Crippen LogP contribution is 2.35. The molecule has 1 aromatic heterocycles. The molecule has 0 saturated carbocycles. The van der Waals surface area contributed by atoms with E-state index in [2.05, 4.69) is 4.98 Å². The van der Waals surface area contributed by atoms with E-state index in [1.165, 1.54) is 0 Å². The maximum absolute atomic E-state index is 12.9. The van der Waals surface area contributed by atoms with Crippen LogP contribution in [-0.2, 0) is 6.42 Å². The van der Waals surface area contributed by atoms with Crippen molar-refractivity contribution in [3.8, 4) is 0 Å². The molecule has 1 aliphatic rings. The van der Waals surface area contributed by atoms with Gasteiger partial charge in [-0.2, -0.15) is 0 Å². The van der Waals surface area contributed by atoms with E-state index < -0.39 is 0 Å². The molecule has 0 unspecified atom stereocenters. The number of nitrogens with two attached hydrogens (primary N) is 1. The minimum absolute atomic E-state index is 0.000278. The van der Waals surface area contributed by atoms with Gasteiger partial charge >= 0.3 is 0 Å². The van der Waals surface area contributed by atoms with Gasteiger partial charge in [-0.3, -0.25) is 4.79 Å². The first-order valence-corrected chi connectivity index (χ1v) is 7.01. The third-order valence-electron chi connectivity index (χ3n) is 4.09. The third kappa shape index (κ3) is 1.72. The van der Waals surface area contributed by atoms with Crippen molar-refractivity contribution < 1.29 is 4.79 Å². The molecule has 0 bridgehead atoms. The minimum Gasteiger partial charge on any atom is -0.397 e. The van der Waals surface area contributed by atoms with Gasteiger partial charge in [-0.1, -0.05) is 24.3 Å². The topological polar surface area (TPSA) is 62.1 Å². The molecule has 21 heavy (non-hydrogen) atoms. The fourth-order valence-corrected chi connectivity index (χ4v) is 3.10. The van der Waals surface area contributed by atoms with Crippen LogP contribution in [0.5, 0.6) is 0 Å². The van der Waals surface area contributed by atoms with Crippen molar-refractivity contribution in [3.63, 3.8) is 0 Å². The molecule has 0 fully saturated rings. The average molecular weight is 277 g/mol. The van der Waals surface area contributed by atoms with E-state index in [9.17, 15) is 4.79 Å². The Labute approximate surface area is 122 Å². The van der Waals surface area contributed by atoms with Gasteiger partial charge in [0.1, 0.15) is 0 Å². The van der Waals surface area contributed by atoms with Crippen LogP contribution in [0.3, 0.4) is 0 Å². The minimum atomic E-state index is -0.000278. The van der Waals surface area contributed by atoms with Gasteiger partial charge in [0.15, 0.2) is 0 Å². The zero-order chi connectivity index (χ0) is 14.4. The molecular weight excluding hydrogens is 262 g/mol. The Morgan fingerprint density at radius 2 is 2.00 bits per heavy atom. The standard InChI is InChI=1S/C17H15N3O/c18-14-6-2-4-12-8-10-20(16(12)14)17(21)13-5-1-3-11-7-9-19-15(11)13/h1-7,9,19H,8,10,18H2. The van der Waals surface area contributed by atoms with E-state index in [0.717, 1.165) is 28.6 Å². The van der Waals surface area contributed by atoms with Crippen LogP contribution in [0.2, 0.25) is 0 Å². The van der Waals surface area contributed by atoms with Crippen LogP contribution in [0, 0.1) is 0 Å². The second-order valence-corrected chi connectivity index (χ2v) is 5.31. The van der Waals surface area contributed by atoms with Crippen molar-refractivity contribution >= 4 is 28.2 Å². The number of nitrogens with zero attached hydrogens (tertiary/aromatic N) is 1. The molecule has 1 aliphatic heterocycles. The molecule has 0 radical (unpaired) electrons. The van der Waals surface area contributed by atoms with E-state index >= 15 is 0 Å². The normalized spacial score (nSPS) is 13.6. The van der Waals surface area contributed by atoms with E-state index in [1.54, 1.807) is 4.90 Å². The maximum atomic E-state index is 12.9. The molecule has 1 amide bonds. The van der Waals surface area contributed by atoms with Crippen LogP contribution in [0.1, 0.15) is 15.9 Å². The number of nitrogens with one attached hydrogen (secondary N) is 1. The molecular formula is C17H15N3O. The van der Waals surface area contributed by atoms with Crippen LogP contribution in [0.15, 0.2) is 48.7 Å². The van der Waals surface area contributed by atoms with Crippen LogP contribution >= 0.6 is 0 Å². The summed E-state index contributed by atoms with van der Waals surface area (Å²) in [5, 5.41) is 1.04. The number of aromatic amines is 1. The summed E-state index contributed by atoms with van der Waals surface area (Å²) in [5.41, 5.74) is 10.3. The summed E-state index contributed by atoms with van der Waals surface area (Å²) >= 11 is 0. The number of benzene rings is 2. The van der Waals surface area contributed by atoms with Gasteiger partial charge in [0.05, 0.1) is 22.5 Å². The summed E-state index contributed by atoms with van der Waals surface area (Å²) in [6, 6.07) is 13.6. The Hall–Kier alpha value is -2.75. The molecule has 0 saturated heterocycles. The number of hydrogen-bond acceptors (Lipinski definition) is 2. The highest BCUT2D eigenvalue weighted by molar-refractivity contribution is 6.15. The lowest BCUT2D eigenvalue weighted by Crippen LogP contribution is -2.29. The summed E-state index contributed by atoms with van der Waals surface area (Å²) in [4.78, 5) is 17.9. The summed E-state index contributed by atoms with van der Waals surface area (Å²) < 4.78 is 0. The molecule has 2 heterocycles. The number of H-pyrrole nitrogens is 1. The fraction of sp³-hybridized carbons (Fsp3) is 0.118. The van der Waals surface area contributed by atoms with Crippen LogP contribution in [-0.4, -0.2) is 17.4 Å². The molecule has 3 aromatic rings. The third-order valence-corrected chi connectivity index (χ3v) is 4.09. The van der Waals surface area contributed by atoms with Crippen molar-refractivity contribution in [1.29, 1.82) is 0 Å². The second-order valence-electron chi connectivity index (χ2n) is 5.31. The lowest BCUT2D eigenvalue weighted by Gasteiger charge is -2.19. The Balaban J connectivity index is 1.83. The van der Waals surface area contributed by atoms with Gasteiger partial charge in [-0.15, -0.1) is 0 Å². The van der Waals surface area contributed by atoms with Crippen molar-refractivity contribution in [3.05, 3.63) is 59.8 Å². The zero-order valence-electron chi connectivity index (χ0n) is 11.5. The summed E-state index contributed by atoms with van der Waals surface area (Å²) in [7, 11) is 0. The molecule has 2 aromatic carbocycles. The Morgan fingerprint density at radius 1 is 1.14 bits per heavy atom. The van der Waals surface area contributed by atoms with Crippen molar-refractivity contribution in [2.45, 2.75) is 6.42 Å². The van der Waals surface area contributed by atoms with Gasteiger partial charge in [0.2, 0.25) is 0 Å². The number of carbonyl (C=O) groups excluding carboxylic acids is 1. The number of hydrogen-bond donors (Lipinski definition) is 2. The fourth-order valence-electron chi connectivity index (χ4n) is 3.10. The maximum Gasteiger partial charge on any atom is 0.260 e. The molecule has 0 atom stereocenters. The number of rotatable bonds is 1. The summed E-state index contributed by atoms with van der Waals surface area (Å²) in [6.07, 6.45) is 2.71. The van der Waals surface area contributed by atoms with Gasteiger partial charge < -0.3 is 15.6 Å². The number of fused-ring (bicyclic) bond motifs is 2. The largest absolute Gasteiger partial charge is 0.397 e. The smallest absolute Gasteiger partial charge is 0.260 e. The molecule has 4 heteroatoms. The summed E-state index contributed by atoms with van der Waals surface area (Å²) in [6.45, 7) is 0.680. The summed E-state index contributed by atoms with van der Waals surface area (Å²) in [5.74, 6) is -0.000278. The van der Waals surface area contributed by atoms with Crippen molar-refractivity contribution in [2.75, 3.05) is 17.2 Å². The molecule has 4 nitrogen and oxygen atoms in total. The molecule has 3 N–H and O–H groups in total. The second kappa shape index (κ2) is 4.38. The molecule has 104 valence electrons. The van der Waals surface area contributed by atoms with E-state index in [0.29, 0.717) is 17.8 Å². The number of anilines is 2. The quantitative estimate of drug-likeness (QED) is 0.672. The first-order chi connectivity index (χ1) is 10.3. The zero-order valence-corrected chi connectivity index (χ0v) is 11.5. The van der Waals surface area contributed by atoms with Crippen LogP contribution < -0.4 is 10.6 Å². The Kier molecular flexibility index (Phi) is 2.51. The van der Waals surface area contributed by atoms with Crippen LogP contribution in [0.25, 0.3) is 10.9 Å². The van der Waals surface area contributed by atoms with Crippen molar-refractivity contribution in [1.82, 2.24) is 4.98 Å². The molecule has 0 aliphatic carbocycles. The lowest BCUT2D eigenvalue weighted by atomic mass is 10.1. The predicted molar refractivity (Wildman–Crippen MR) is 84.5 cm³/mol. The van der Waals surface area contributed by atoms with E-state index in [4.69, 9.17) is 5.73 Å². The number of nitrogen functional groups attached to an aromatic ring is 1. The lowest BCUT2D eigenvalue weighted by molar-refractivity contribution is 0.0991. The first-order valence-electron chi connectivity index (χ1n) is 7.01. The van der Waals surface area contributed by atoms with Crippen LogP contribution in [0.4, 0.5) is 11.4 Å². The molecule has 4 rings (SSSR count). The van der Waals surface area contributed by atoms with E-state index in [1.807, 2.05) is 48.7 Å². The highest BCUT2D eigenvalue weighted by atomic mass is 16.2. The molecule has 0 spiro atoms. The monoisotopic (exact) mass is 277 g/mol. The Bertz CT molecular complexity index is 850. The number of amides is 1. The number of aromatic nitrogens is 1. The van der Waals surface area contributed by atoms with Gasteiger partial charge in [-0.25, -0.2) is 0 Å². The average Bonchev–Trinajstić information content (AvgIpc) is 3.13. The van der Waals surface area contributed by atoms with Gasteiger partial charge in [0.25, 0.3) is 5.91 Å². The SMILES string of the molecule is Nc1cccc2c1N(C(=O)c1cccc3cc[nH]c13)CC2. The van der Waals surface area contributed by atoms with E-state index in [-0.39, 0.29) is 5.91 Å². The predicted octanol–water partition coefficient (Wildman–Crippen LogP) is 2.95.